The fourth-order valence-electron chi connectivity index (χ4n) is 2.20. The second-order valence-electron chi connectivity index (χ2n) is 7.26. The Balaban J connectivity index is 2.72. The third kappa shape index (κ3) is 7.88. The third-order valence-electron chi connectivity index (χ3n) is 3.76. The zero-order chi connectivity index (χ0) is 20.7. The molecular formula is C19H29F3N4O. The number of alkyl halides is 3. The molecule has 1 rings (SSSR count). The summed E-state index contributed by atoms with van der Waals surface area (Å²) in [6, 6.07) is 4.84. The molecule has 8 heteroatoms. The highest BCUT2D eigenvalue weighted by Gasteiger charge is 2.30. The van der Waals surface area contributed by atoms with E-state index >= 15 is 0 Å². The number of halogens is 3. The van der Waals surface area contributed by atoms with Crippen LogP contribution in [-0.4, -0.2) is 31.5 Å². The predicted molar refractivity (Wildman–Crippen MR) is 101 cm³/mol. The number of benzene rings is 1. The van der Waals surface area contributed by atoms with E-state index in [0.29, 0.717) is 31.2 Å². The highest BCUT2D eigenvalue weighted by molar-refractivity contribution is 5.81. The average molecular weight is 386 g/mol. The van der Waals surface area contributed by atoms with Crippen LogP contribution in [0.5, 0.6) is 0 Å². The lowest BCUT2D eigenvalue weighted by molar-refractivity contribution is -0.137. The summed E-state index contributed by atoms with van der Waals surface area (Å²) in [4.78, 5) is 16.2. The topological polar surface area (TPSA) is 65.5 Å². The lowest BCUT2D eigenvalue weighted by Crippen LogP contribution is -2.40. The van der Waals surface area contributed by atoms with E-state index in [-0.39, 0.29) is 11.9 Å². The van der Waals surface area contributed by atoms with Gasteiger partial charge in [0, 0.05) is 18.5 Å². The molecule has 5 nitrogen and oxygen atoms in total. The van der Waals surface area contributed by atoms with E-state index < -0.39 is 17.2 Å². The molecule has 1 aromatic carbocycles. The van der Waals surface area contributed by atoms with Gasteiger partial charge in [0.25, 0.3) is 0 Å². The monoisotopic (exact) mass is 386 g/mol. The molecular weight excluding hydrogens is 357 g/mol. The SMILES string of the molecule is CCNC(=NCCNC(=O)C(C)(C)C)NC(C)c1cccc(C(F)(F)F)c1. The van der Waals surface area contributed by atoms with Gasteiger partial charge in [-0.05, 0) is 31.5 Å². The van der Waals surface area contributed by atoms with E-state index in [9.17, 15) is 18.0 Å². The van der Waals surface area contributed by atoms with Crippen molar-refractivity contribution in [3.8, 4) is 0 Å². The van der Waals surface area contributed by atoms with Crippen LogP contribution in [0, 0.1) is 5.41 Å². The van der Waals surface area contributed by atoms with Gasteiger partial charge in [0.2, 0.25) is 5.91 Å². The van der Waals surface area contributed by atoms with Crippen molar-refractivity contribution >= 4 is 11.9 Å². The normalized spacial score (nSPS) is 13.9. The first-order valence-corrected chi connectivity index (χ1v) is 8.95. The maximum absolute atomic E-state index is 12.9. The molecule has 0 aliphatic heterocycles. The van der Waals surface area contributed by atoms with Crippen LogP contribution in [0.3, 0.4) is 0 Å². The molecule has 0 aliphatic carbocycles. The van der Waals surface area contributed by atoms with Gasteiger partial charge in [0.1, 0.15) is 0 Å². The lowest BCUT2D eigenvalue weighted by Gasteiger charge is -2.20. The number of amides is 1. The predicted octanol–water partition coefficient (Wildman–Crippen LogP) is 3.48. The molecule has 0 saturated carbocycles. The first-order chi connectivity index (χ1) is 12.4. The van der Waals surface area contributed by atoms with Gasteiger partial charge in [0.15, 0.2) is 5.96 Å². The van der Waals surface area contributed by atoms with Crippen LogP contribution in [0.4, 0.5) is 13.2 Å². The quantitative estimate of drug-likeness (QED) is 0.398. The van der Waals surface area contributed by atoms with Crippen LogP contribution in [-0.2, 0) is 11.0 Å². The van der Waals surface area contributed by atoms with Gasteiger partial charge in [-0.2, -0.15) is 13.2 Å². The minimum atomic E-state index is -4.38. The molecule has 0 aliphatic rings. The first kappa shape index (κ1) is 22.8. The largest absolute Gasteiger partial charge is 0.416 e. The Morgan fingerprint density at radius 3 is 2.41 bits per heavy atom. The van der Waals surface area contributed by atoms with Gasteiger partial charge in [-0.1, -0.05) is 32.9 Å². The van der Waals surface area contributed by atoms with Gasteiger partial charge >= 0.3 is 6.18 Å². The molecule has 0 bridgehead atoms. The maximum atomic E-state index is 12.9. The fraction of sp³-hybridized carbons (Fsp3) is 0.579. The summed E-state index contributed by atoms with van der Waals surface area (Å²) >= 11 is 0. The second-order valence-corrected chi connectivity index (χ2v) is 7.26. The van der Waals surface area contributed by atoms with Crippen molar-refractivity contribution in [2.45, 2.75) is 46.8 Å². The number of guanidine groups is 1. The number of hydrogen-bond acceptors (Lipinski definition) is 2. The molecule has 1 amide bonds. The van der Waals surface area contributed by atoms with Crippen molar-refractivity contribution in [2.75, 3.05) is 19.6 Å². The molecule has 1 unspecified atom stereocenters. The molecule has 152 valence electrons. The maximum Gasteiger partial charge on any atom is 0.416 e. The Bertz CT molecular complexity index is 651. The van der Waals surface area contributed by atoms with E-state index in [1.165, 1.54) is 6.07 Å². The van der Waals surface area contributed by atoms with Crippen LogP contribution in [0.1, 0.15) is 51.8 Å². The minimum Gasteiger partial charge on any atom is -0.357 e. The lowest BCUT2D eigenvalue weighted by atomic mass is 9.96. The Kier molecular flexibility index (Phi) is 8.12. The van der Waals surface area contributed by atoms with Crippen LogP contribution in [0.25, 0.3) is 0 Å². The summed E-state index contributed by atoms with van der Waals surface area (Å²) in [6.45, 7) is 10.5. The number of nitrogens with zero attached hydrogens (tertiary/aromatic N) is 1. The molecule has 0 heterocycles. The van der Waals surface area contributed by atoms with E-state index in [1.807, 2.05) is 27.7 Å². The average Bonchev–Trinajstić information content (AvgIpc) is 2.57. The Morgan fingerprint density at radius 1 is 1.19 bits per heavy atom. The molecule has 0 saturated heterocycles. The zero-order valence-corrected chi connectivity index (χ0v) is 16.5. The van der Waals surface area contributed by atoms with Crippen LogP contribution in [0.15, 0.2) is 29.3 Å². The second kappa shape index (κ2) is 9.62. The third-order valence-corrected chi connectivity index (χ3v) is 3.76. The Hall–Kier alpha value is -2.25. The van der Waals surface area contributed by atoms with E-state index in [2.05, 4.69) is 20.9 Å². The van der Waals surface area contributed by atoms with Gasteiger partial charge in [-0.3, -0.25) is 9.79 Å². The summed E-state index contributed by atoms with van der Waals surface area (Å²) in [5, 5.41) is 8.94. The summed E-state index contributed by atoms with van der Waals surface area (Å²) in [5.74, 6) is 0.417. The van der Waals surface area contributed by atoms with E-state index in [1.54, 1.807) is 13.0 Å². The molecule has 0 aromatic heterocycles. The van der Waals surface area contributed by atoms with Gasteiger partial charge in [-0.25, -0.2) is 0 Å². The van der Waals surface area contributed by atoms with Crippen LogP contribution in [0.2, 0.25) is 0 Å². The molecule has 0 radical (unpaired) electrons. The van der Waals surface area contributed by atoms with Crippen molar-refractivity contribution in [3.05, 3.63) is 35.4 Å². The molecule has 3 N–H and O–H groups in total. The van der Waals surface area contributed by atoms with E-state index in [0.717, 1.165) is 12.1 Å². The van der Waals surface area contributed by atoms with Crippen molar-refractivity contribution < 1.29 is 18.0 Å². The molecule has 0 spiro atoms. The highest BCUT2D eigenvalue weighted by atomic mass is 19.4. The van der Waals surface area contributed by atoms with Crippen LogP contribution >= 0.6 is 0 Å². The zero-order valence-electron chi connectivity index (χ0n) is 16.5. The van der Waals surface area contributed by atoms with Crippen molar-refractivity contribution in [1.29, 1.82) is 0 Å². The fourth-order valence-corrected chi connectivity index (χ4v) is 2.20. The Labute approximate surface area is 158 Å². The number of rotatable bonds is 6. The number of aliphatic imine (C=N–C) groups is 1. The number of hydrogen-bond donors (Lipinski definition) is 3. The summed E-state index contributed by atoms with van der Waals surface area (Å²) < 4.78 is 38.6. The minimum absolute atomic E-state index is 0.0620. The van der Waals surface area contributed by atoms with Crippen molar-refractivity contribution in [3.63, 3.8) is 0 Å². The highest BCUT2D eigenvalue weighted by Crippen LogP contribution is 2.30. The summed E-state index contributed by atoms with van der Waals surface area (Å²) in [6.07, 6.45) is -4.38. The molecule has 1 atom stereocenters. The summed E-state index contributed by atoms with van der Waals surface area (Å²) in [5.41, 5.74) is -0.637. The van der Waals surface area contributed by atoms with Gasteiger partial charge in [0.05, 0.1) is 18.2 Å². The van der Waals surface area contributed by atoms with Crippen molar-refractivity contribution in [2.24, 2.45) is 10.4 Å². The van der Waals surface area contributed by atoms with Gasteiger partial charge in [-0.15, -0.1) is 0 Å². The molecule has 27 heavy (non-hydrogen) atoms. The first-order valence-electron chi connectivity index (χ1n) is 8.95. The van der Waals surface area contributed by atoms with Crippen LogP contribution < -0.4 is 16.0 Å². The van der Waals surface area contributed by atoms with Crippen molar-refractivity contribution in [1.82, 2.24) is 16.0 Å². The van der Waals surface area contributed by atoms with Gasteiger partial charge < -0.3 is 16.0 Å². The standard InChI is InChI=1S/C19H29F3N4O/c1-6-23-17(25-11-10-24-16(27)18(3,4)5)26-13(2)14-8-7-9-15(12-14)19(20,21)22/h7-9,12-13H,6,10-11H2,1-5H3,(H,24,27)(H2,23,25,26). The van der Waals surface area contributed by atoms with E-state index in [4.69, 9.17) is 0 Å². The summed E-state index contributed by atoms with van der Waals surface area (Å²) in [7, 11) is 0. The molecule has 0 fully saturated rings. The Morgan fingerprint density at radius 2 is 1.85 bits per heavy atom. The number of carbonyl (C=O) groups excluding carboxylic acids is 1. The molecule has 1 aromatic rings. The number of nitrogens with one attached hydrogen (secondary N) is 3. The smallest absolute Gasteiger partial charge is 0.357 e. The number of carbonyl (C=O) groups is 1.